The first-order chi connectivity index (χ1) is 8.09. The van der Waals surface area contributed by atoms with Crippen LogP contribution in [0.1, 0.15) is 5.56 Å². The number of hydrogen-bond acceptors (Lipinski definition) is 2. The Bertz CT molecular complexity index is 349. The SMILES string of the molecule is Fc1ccc(CNCCOCC(F)F)cc1Cl. The molecule has 1 N–H and O–H groups in total. The maximum absolute atomic E-state index is 12.8. The van der Waals surface area contributed by atoms with Gasteiger partial charge >= 0.3 is 0 Å². The van der Waals surface area contributed by atoms with Crippen molar-refractivity contribution in [1.82, 2.24) is 5.32 Å². The van der Waals surface area contributed by atoms with Gasteiger partial charge in [0.1, 0.15) is 12.4 Å². The molecule has 1 rings (SSSR count). The van der Waals surface area contributed by atoms with Gasteiger partial charge in [-0.2, -0.15) is 0 Å². The Morgan fingerprint density at radius 3 is 2.76 bits per heavy atom. The Morgan fingerprint density at radius 1 is 1.35 bits per heavy atom. The van der Waals surface area contributed by atoms with Gasteiger partial charge in [0, 0.05) is 13.1 Å². The summed E-state index contributed by atoms with van der Waals surface area (Å²) in [5.41, 5.74) is 0.824. The molecular weight excluding hydrogens is 255 g/mol. The summed E-state index contributed by atoms with van der Waals surface area (Å²) < 4.78 is 40.9. The van der Waals surface area contributed by atoms with Crippen LogP contribution in [-0.4, -0.2) is 26.2 Å². The summed E-state index contributed by atoms with van der Waals surface area (Å²) in [6, 6.07) is 4.41. The van der Waals surface area contributed by atoms with Crippen LogP contribution in [0.25, 0.3) is 0 Å². The van der Waals surface area contributed by atoms with Crippen molar-refractivity contribution in [3.63, 3.8) is 0 Å². The lowest BCUT2D eigenvalue weighted by atomic mass is 10.2. The normalized spacial score (nSPS) is 11.1. The minimum atomic E-state index is -2.44. The third-order valence-electron chi connectivity index (χ3n) is 1.98. The highest BCUT2D eigenvalue weighted by molar-refractivity contribution is 6.30. The van der Waals surface area contributed by atoms with Gasteiger partial charge in [-0.1, -0.05) is 17.7 Å². The van der Waals surface area contributed by atoms with Crippen molar-refractivity contribution < 1.29 is 17.9 Å². The molecule has 0 fully saturated rings. The summed E-state index contributed by atoms with van der Waals surface area (Å²) in [4.78, 5) is 0. The second-order valence-corrected chi connectivity index (χ2v) is 3.80. The van der Waals surface area contributed by atoms with Crippen LogP contribution >= 0.6 is 11.6 Å². The van der Waals surface area contributed by atoms with Gasteiger partial charge in [-0.05, 0) is 17.7 Å². The van der Waals surface area contributed by atoms with Crippen molar-refractivity contribution in [2.75, 3.05) is 19.8 Å². The van der Waals surface area contributed by atoms with Gasteiger partial charge in [0.25, 0.3) is 6.43 Å². The summed E-state index contributed by atoms with van der Waals surface area (Å²) in [6.45, 7) is 0.586. The largest absolute Gasteiger partial charge is 0.374 e. The Hall–Kier alpha value is -0.780. The van der Waals surface area contributed by atoms with E-state index in [9.17, 15) is 13.2 Å². The van der Waals surface area contributed by atoms with E-state index in [1.54, 1.807) is 6.07 Å². The lowest BCUT2D eigenvalue weighted by Gasteiger charge is -2.06. The number of alkyl halides is 2. The molecule has 2 nitrogen and oxygen atoms in total. The summed E-state index contributed by atoms with van der Waals surface area (Å²) in [7, 11) is 0. The molecule has 0 radical (unpaired) electrons. The third-order valence-corrected chi connectivity index (χ3v) is 2.27. The van der Waals surface area contributed by atoms with Crippen LogP contribution in [-0.2, 0) is 11.3 Å². The van der Waals surface area contributed by atoms with E-state index in [1.165, 1.54) is 12.1 Å². The minimum absolute atomic E-state index is 0.0678. The van der Waals surface area contributed by atoms with Crippen molar-refractivity contribution in [3.05, 3.63) is 34.6 Å². The number of halogens is 4. The predicted molar refractivity (Wildman–Crippen MR) is 59.9 cm³/mol. The van der Waals surface area contributed by atoms with Crippen molar-refractivity contribution in [2.45, 2.75) is 13.0 Å². The van der Waals surface area contributed by atoms with E-state index in [-0.39, 0.29) is 11.6 Å². The average Bonchev–Trinajstić information content (AvgIpc) is 2.27. The van der Waals surface area contributed by atoms with Crippen LogP contribution < -0.4 is 5.32 Å². The molecule has 0 saturated carbocycles. The van der Waals surface area contributed by atoms with Gasteiger partial charge in [0.15, 0.2) is 0 Å². The van der Waals surface area contributed by atoms with Crippen LogP contribution in [0.4, 0.5) is 13.2 Å². The van der Waals surface area contributed by atoms with Gasteiger partial charge in [-0.15, -0.1) is 0 Å². The Balaban J connectivity index is 2.16. The average molecular weight is 268 g/mol. The summed E-state index contributed by atoms with van der Waals surface area (Å²) in [5.74, 6) is -0.462. The number of benzene rings is 1. The maximum Gasteiger partial charge on any atom is 0.261 e. The first-order valence-corrected chi connectivity index (χ1v) is 5.48. The Kier molecular flexibility index (Phi) is 6.32. The molecule has 0 aromatic heterocycles. The zero-order valence-corrected chi connectivity index (χ0v) is 9.81. The molecule has 1 aromatic carbocycles. The quantitative estimate of drug-likeness (QED) is 0.767. The smallest absolute Gasteiger partial charge is 0.261 e. The van der Waals surface area contributed by atoms with Gasteiger partial charge in [0.05, 0.1) is 11.6 Å². The first kappa shape index (κ1) is 14.3. The Labute approximate surface area is 103 Å². The number of ether oxygens (including phenoxy) is 1. The van der Waals surface area contributed by atoms with E-state index in [2.05, 4.69) is 10.1 Å². The molecule has 96 valence electrons. The fraction of sp³-hybridized carbons (Fsp3) is 0.455. The standard InChI is InChI=1S/C11H13ClF3NO/c12-9-5-8(1-2-10(9)13)6-16-3-4-17-7-11(14)15/h1-2,5,11,16H,3-4,6-7H2. The van der Waals surface area contributed by atoms with Crippen molar-refractivity contribution in [3.8, 4) is 0 Å². The lowest BCUT2D eigenvalue weighted by molar-refractivity contribution is 0.0187. The highest BCUT2D eigenvalue weighted by Crippen LogP contribution is 2.15. The maximum atomic E-state index is 12.8. The molecule has 0 bridgehead atoms. The van der Waals surface area contributed by atoms with E-state index in [0.29, 0.717) is 13.1 Å². The molecule has 1 aromatic rings. The fourth-order valence-corrected chi connectivity index (χ4v) is 1.40. The van der Waals surface area contributed by atoms with Crippen LogP contribution in [0.5, 0.6) is 0 Å². The molecule has 6 heteroatoms. The third kappa shape index (κ3) is 5.91. The molecule has 0 aliphatic heterocycles. The van der Waals surface area contributed by atoms with Crippen LogP contribution in [0.2, 0.25) is 5.02 Å². The number of rotatable bonds is 7. The number of hydrogen-bond donors (Lipinski definition) is 1. The predicted octanol–water partition coefficient (Wildman–Crippen LogP) is 2.85. The van der Waals surface area contributed by atoms with E-state index in [0.717, 1.165) is 5.56 Å². The topological polar surface area (TPSA) is 21.3 Å². The van der Waals surface area contributed by atoms with E-state index >= 15 is 0 Å². The van der Waals surface area contributed by atoms with Crippen molar-refractivity contribution in [1.29, 1.82) is 0 Å². The fourth-order valence-electron chi connectivity index (χ4n) is 1.20. The van der Waals surface area contributed by atoms with E-state index in [4.69, 9.17) is 11.6 Å². The molecule has 0 heterocycles. The molecule has 0 aliphatic carbocycles. The molecule has 0 amide bonds. The van der Waals surface area contributed by atoms with E-state index in [1.807, 2.05) is 0 Å². The van der Waals surface area contributed by atoms with Crippen molar-refractivity contribution in [2.24, 2.45) is 0 Å². The van der Waals surface area contributed by atoms with Crippen LogP contribution in [0, 0.1) is 5.82 Å². The highest BCUT2D eigenvalue weighted by atomic mass is 35.5. The lowest BCUT2D eigenvalue weighted by Crippen LogP contribution is -2.20. The summed E-state index contributed by atoms with van der Waals surface area (Å²) in [5, 5.41) is 3.04. The van der Waals surface area contributed by atoms with Crippen LogP contribution in [0.3, 0.4) is 0 Å². The van der Waals surface area contributed by atoms with Gasteiger partial charge in [-0.25, -0.2) is 13.2 Å². The molecule has 0 saturated heterocycles. The Morgan fingerprint density at radius 2 is 2.12 bits per heavy atom. The second-order valence-electron chi connectivity index (χ2n) is 3.39. The van der Waals surface area contributed by atoms with E-state index < -0.39 is 18.8 Å². The molecule has 0 atom stereocenters. The molecule has 0 spiro atoms. The zero-order valence-electron chi connectivity index (χ0n) is 9.06. The minimum Gasteiger partial charge on any atom is -0.374 e. The van der Waals surface area contributed by atoms with Crippen molar-refractivity contribution >= 4 is 11.6 Å². The van der Waals surface area contributed by atoms with Gasteiger partial charge in [-0.3, -0.25) is 0 Å². The van der Waals surface area contributed by atoms with Gasteiger partial charge in [0.2, 0.25) is 0 Å². The molecule has 0 unspecified atom stereocenters. The number of nitrogens with one attached hydrogen (secondary N) is 1. The monoisotopic (exact) mass is 267 g/mol. The highest BCUT2D eigenvalue weighted by Gasteiger charge is 2.02. The molecular formula is C11H13ClF3NO. The van der Waals surface area contributed by atoms with Gasteiger partial charge < -0.3 is 10.1 Å². The first-order valence-electron chi connectivity index (χ1n) is 5.10. The molecule has 0 aliphatic rings. The summed E-state index contributed by atoms with van der Waals surface area (Å²) in [6.07, 6.45) is -2.44. The zero-order chi connectivity index (χ0) is 12.7. The summed E-state index contributed by atoms with van der Waals surface area (Å²) >= 11 is 5.60. The van der Waals surface area contributed by atoms with Crippen LogP contribution in [0.15, 0.2) is 18.2 Å². The second kappa shape index (κ2) is 7.53. The molecule has 17 heavy (non-hydrogen) atoms.